The van der Waals surface area contributed by atoms with Crippen LogP contribution in [-0.2, 0) is 4.74 Å². The van der Waals surface area contributed by atoms with Gasteiger partial charge in [-0.15, -0.1) is 0 Å². The van der Waals surface area contributed by atoms with Crippen molar-refractivity contribution in [2.45, 2.75) is 0 Å². The van der Waals surface area contributed by atoms with Gasteiger partial charge in [0.25, 0.3) is 0 Å². The van der Waals surface area contributed by atoms with Gasteiger partial charge in [-0.1, -0.05) is 0 Å². The van der Waals surface area contributed by atoms with Crippen LogP contribution in [0.1, 0.15) is 0 Å². The summed E-state index contributed by atoms with van der Waals surface area (Å²) in [5, 5.41) is 7.99. The molecular weight excluding hydrogens is 122 g/mol. The standard InChI is InChI=1S/C5H11NO3/c1-6(2)3-4-9-5(7)8/h3-4H2,1-2H3,(H,7,8). The van der Waals surface area contributed by atoms with Crippen LogP contribution < -0.4 is 0 Å². The SMILES string of the molecule is CN(C)CCOC(=O)O. The molecule has 0 aromatic heterocycles. The molecule has 0 saturated heterocycles. The molecule has 0 aliphatic rings. The van der Waals surface area contributed by atoms with Gasteiger partial charge < -0.3 is 14.7 Å². The van der Waals surface area contributed by atoms with E-state index in [1.807, 2.05) is 19.0 Å². The largest absolute Gasteiger partial charge is 0.505 e. The predicted molar refractivity (Wildman–Crippen MR) is 32.5 cm³/mol. The number of carbonyl (C=O) groups is 1. The molecular formula is C5H11NO3. The summed E-state index contributed by atoms with van der Waals surface area (Å²) in [6, 6.07) is 0. The maximum Gasteiger partial charge on any atom is 0.505 e. The molecule has 54 valence electrons. The lowest BCUT2D eigenvalue weighted by Gasteiger charge is -2.06. The number of rotatable bonds is 3. The van der Waals surface area contributed by atoms with Crippen molar-refractivity contribution in [2.24, 2.45) is 0 Å². The van der Waals surface area contributed by atoms with Crippen LogP contribution in [-0.4, -0.2) is 43.4 Å². The predicted octanol–water partition coefficient (Wildman–Crippen LogP) is 0.243. The molecule has 0 saturated carbocycles. The van der Waals surface area contributed by atoms with Gasteiger partial charge in [-0.2, -0.15) is 0 Å². The summed E-state index contributed by atoms with van der Waals surface area (Å²) < 4.78 is 4.23. The Hall–Kier alpha value is -0.770. The van der Waals surface area contributed by atoms with Crippen molar-refractivity contribution < 1.29 is 14.6 Å². The maximum absolute atomic E-state index is 9.74. The first-order valence-corrected chi connectivity index (χ1v) is 2.63. The number of hydrogen-bond acceptors (Lipinski definition) is 3. The van der Waals surface area contributed by atoms with Crippen LogP contribution in [0.15, 0.2) is 0 Å². The first kappa shape index (κ1) is 8.23. The van der Waals surface area contributed by atoms with Crippen molar-refractivity contribution in [2.75, 3.05) is 27.2 Å². The first-order chi connectivity index (χ1) is 4.13. The summed E-state index contributed by atoms with van der Waals surface area (Å²) in [6.07, 6.45) is -1.21. The average molecular weight is 133 g/mol. The fourth-order valence-corrected chi connectivity index (χ4v) is 0.316. The summed E-state index contributed by atoms with van der Waals surface area (Å²) in [5.41, 5.74) is 0. The van der Waals surface area contributed by atoms with Crippen molar-refractivity contribution >= 4 is 6.16 Å². The molecule has 9 heavy (non-hydrogen) atoms. The fraction of sp³-hybridized carbons (Fsp3) is 0.800. The first-order valence-electron chi connectivity index (χ1n) is 2.63. The van der Waals surface area contributed by atoms with Gasteiger partial charge in [0.1, 0.15) is 6.61 Å². The molecule has 4 heteroatoms. The van der Waals surface area contributed by atoms with E-state index in [9.17, 15) is 4.79 Å². The van der Waals surface area contributed by atoms with Crippen molar-refractivity contribution in [3.8, 4) is 0 Å². The Labute approximate surface area is 54.0 Å². The van der Waals surface area contributed by atoms with E-state index in [0.717, 1.165) is 0 Å². The van der Waals surface area contributed by atoms with Gasteiger partial charge in [-0.25, -0.2) is 4.79 Å². The Morgan fingerprint density at radius 3 is 2.56 bits per heavy atom. The zero-order chi connectivity index (χ0) is 7.28. The lowest BCUT2D eigenvalue weighted by molar-refractivity contribution is 0.0857. The molecule has 4 nitrogen and oxygen atoms in total. The highest BCUT2D eigenvalue weighted by molar-refractivity contribution is 5.56. The van der Waals surface area contributed by atoms with Crippen LogP contribution in [0.5, 0.6) is 0 Å². The molecule has 0 amide bonds. The molecule has 0 fully saturated rings. The van der Waals surface area contributed by atoms with E-state index in [0.29, 0.717) is 6.54 Å². The van der Waals surface area contributed by atoms with E-state index in [1.165, 1.54) is 0 Å². The van der Waals surface area contributed by atoms with Crippen LogP contribution in [0.25, 0.3) is 0 Å². The summed E-state index contributed by atoms with van der Waals surface area (Å²) in [6.45, 7) is 0.870. The van der Waals surface area contributed by atoms with Gasteiger partial charge >= 0.3 is 6.16 Å². The maximum atomic E-state index is 9.74. The highest BCUT2D eigenvalue weighted by Crippen LogP contribution is 1.77. The lowest BCUT2D eigenvalue weighted by Crippen LogP contribution is -2.19. The molecule has 0 spiro atoms. The van der Waals surface area contributed by atoms with Crippen molar-refractivity contribution in [3.05, 3.63) is 0 Å². The quantitative estimate of drug-likeness (QED) is 0.560. The molecule has 0 aliphatic carbocycles. The Bertz CT molecular complexity index is 92.2. The minimum atomic E-state index is -1.21. The fourth-order valence-electron chi connectivity index (χ4n) is 0.316. The van der Waals surface area contributed by atoms with E-state index in [1.54, 1.807) is 0 Å². The number of carboxylic acid groups (broad SMARTS) is 1. The molecule has 0 aromatic carbocycles. The van der Waals surface area contributed by atoms with Crippen molar-refractivity contribution in [1.29, 1.82) is 0 Å². The highest BCUT2D eigenvalue weighted by Gasteiger charge is 1.94. The van der Waals surface area contributed by atoms with Crippen molar-refractivity contribution in [1.82, 2.24) is 4.90 Å². The molecule has 0 rings (SSSR count). The molecule has 0 radical (unpaired) electrons. The Kier molecular flexibility index (Phi) is 3.79. The lowest BCUT2D eigenvalue weighted by atomic mass is 10.6. The Balaban J connectivity index is 3.01. The average Bonchev–Trinajstić information content (AvgIpc) is 1.63. The smallest absolute Gasteiger partial charge is 0.450 e. The summed E-state index contributed by atoms with van der Waals surface area (Å²) in [5.74, 6) is 0. The Morgan fingerprint density at radius 2 is 2.22 bits per heavy atom. The molecule has 0 atom stereocenters. The monoisotopic (exact) mass is 133 g/mol. The zero-order valence-electron chi connectivity index (χ0n) is 5.63. The van der Waals surface area contributed by atoms with E-state index in [2.05, 4.69) is 4.74 Å². The summed E-state index contributed by atoms with van der Waals surface area (Å²) in [4.78, 5) is 11.6. The number of likely N-dealkylation sites (N-methyl/N-ethyl adjacent to an activating group) is 1. The molecule has 0 unspecified atom stereocenters. The normalized spacial score (nSPS) is 9.67. The van der Waals surface area contributed by atoms with Gasteiger partial charge in [0, 0.05) is 6.54 Å². The second kappa shape index (κ2) is 4.14. The van der Waals surface area contributed by atoms with E-state index in [-0.39, 0.29) is 6.61 Å². The third kappa shape index (κ3) is 7.23. The molecule has 0 aliphatic heterocycles. The van der Waals surface area contributed by atoms with Gasteiger partial charge in [0.15, 0.2) is 0 Å². The van der Waals surface area contributed by atoms with Gasteiger partial charge in [-0.3, -0.25) is 0 Å². The Morgan fingerprint density at radius 1 is 1.67 bits per heavy atom. The molecule has 0 aromatic rings. The van der Waals surface area contributed by atoms with Gasteiger partial charge in [0.2, 0.25) is 0 Å². The third-order valence-corrected chi connectivity index (χ3v) is 0.764. The minimum Gasteiger partial charge on any atom is -0.450 e. The summed E-state index contributed by atoms with van der Waals surface area (Å²) >= 11 is 0. The van der Waals surface area contributed by atoms with Crippen LogP contribution in [0, 0.1) is 0 Å². The topological polar surface area (TPSA) is 49.8 Å². The van der Waals surface area contributed by atoms with Crippen molar-refractivity contribution in [3.63, 3.8) is 0 Å². The van der Waals surface area contributed by atoms with E-state index < -0.39 is 6.16 Å². The van der Waals surface area contributed by atoms with E-state index in [4.69, 9.17) is 5.11 Å². The van der Waals surface area contributed by atoms with Gasteiger partial charge in [-0.05, 0) is 14.1 Å². The third-order valence-electron chi connectivity index (χ3n) is 0.764. The molecule has 0 bridgehead atoms. The number of ether oxygens (including phenoxy) is 1. The second-order valence-corrected chi connectivity index (χ2v) is 1.92. The van der Waals surface area contributed by atoms with Crippen LogP contribution in [0.2, 0.25) is 0 Å². The second-order valence-electron chi connectivity index (χ2n) is 1.92. The minimum absolute atomic E-state index is 0.238. The van der Waals surface area contributed by atoms with Crippen LogP contribution in [0.3, 0.4) is 0 Å². The number of nitrogens with zero attached hydrogens (tertiary/aromatic N) is 1. The van der Waals surface area contributed by atoms with Crippen LogP contribution in [0.4, 0.5) is 4.79 Å². The van der Waals surface area contributed by atoms with Gasteiger partial charge in [0.05, 0.1) is 0 Å². The number of hydrogen-bond donors (Lipinski definition) is 1. The molecule has 0 heterocycles. The van der Waals surface area contributed by atoms with Crippen LogP contribution >= 0.6 is 0 Å². The summed E-state index contributed by atoms with van der Waals surface area (Å²) in [7, 11) is 3.70. The highest BCUT2D eigenvalue weighted by atomic mass is 16.7. The van der Waals surface area contributed by atoms with E-state index >= 15 is 0 Å². The molecule has 1 N–H and O–H groups in total. The zero-order valence-corrected chi connectivity index (χ0v) is 5.63.